The molecule has 0 fully saturated rings. The predicted octanol–water partition coefficient (Wildman–Crippen LogP) is 0.508. The first-order valence-electron chi connectivity index (χ1n) is 5.69. The monoisotopic (exact) mass is 216 g/mol. The number of likely N-dealkylation sites (N-methyl/N-ethyl adjacent to an activating group) is 1. The SMILES string of the molecule is CCC(CC)C(O)CNC(C)C(=O)NC. The largest absolute Gasteiger partial charge is 0.392 e. The molecule has 0 heterocycles. The molecule has 2 unspecified atom stereocenters. The van der Waals surface area contributed by atoms with E-state index < -0.39 is 0 Å². The smallest absolute Gasteiger partial charge is 0.236 e. The quantitative estimate of drug-likeness (QED) is 0.581. The molecule has 0 aliphatic heterocycles. The highest BCUT2D eigenvalue weighted by Crippen LogP contribution is 2.12. The molecule has 3 N–H and O–H groups in total. The minimum atomic E-state index is -0.368. The first-order chi connectivity index (χ1) is 7.06. The minimum Gasteiger partial charge on any atom is -0.392 e. The molecule has 0 saturated heterocycles. The van der Waals surface area contributed by atoms with Crippen LogP contribution in [0.1, 0.15) is 33.6 Å². The molecule has 0 aromatic heterocycles. The highest BCUT2D eigenvalue weighted by molar-refractivity contribution is 5.80. The van der Waals surface area contributed by atoms with Crippen molar-refractivity contribution in [1.29, 1.82) is 0 Å². The summed E-state index contributed by atoms with van der Waals surface area (Å²) in [6.45, 7) is 6.40. The summed E-state index contributed by atoms with van der Waals surface area (Å²) in [4.78, 5) is 11.2. The molecule has 0 rings (SSSR count). The zero-order valence-corrected chi connectivity index (χ0v) is 10.2. The van der Waals surface area contributed by atoms with Crippen molar-refractivity contribution in [3.8, 4) is 0 Å². The molecule has 90 valence electrons. The maximum Gasteiger partial charge on any atom is 0.236 e. The first-order valence-corrected chi connectivity index (χ1v) is 5.69. The van der Waals surface area contributed by atoms with Gasteiger partial charge in [-0.2, -0.15) is 0 Å². The molecule has 0 aliphatic rings. The van der Waals surface area contributed by atoms with E-state index in [1.807, 2.05) is 0 Å². The zero-order valence-electron chi connectivity index (χ0n) is 10.2. The lowest BCUT2D eigenvalue weighted by Crippen LogP contribution is -2.44. The van der Waals surface area contributed by atoms with E-state index in [9.17, 15) is 9.90 Å². The van der Waals surface area contributed by atoms with Crippen LogP contribution in [0.15, 0.2) is 0 Å². The average Bonchev–Trinajstić information content (AvgIpc) is 2.26. The number of carbonyl (C=O) groups is 1. The highest BCUT2D eigenvalue weighted by atomic mass is 16.3. The third-order valence-corrected chi connectivity index (χ3v) is 2.87. The summed E-state index contributed by atoms with van der Waals surface area (Å²) in [5, 5.41) is 15.4. The number of rotatable bonds is 7. The van der Waals surface area contributed by atoms with Gasteiger partial charge < -0.3 is 15.7 Å². The fourth-order valence-electron chi connectivity index (χ4n) is 1.61. The molecular formula is C11H24N2O2. The number of hydrogen-bond acceptors (Lipinski definition) is 3. The summed E-state index contributed by atoms with van der Waals surface area (Å²) < 4.78 is 0. The van der Waals surface area contributed by atoms with E-state index in [0.717, 1.165) is 12.8 Å². The Morgan fingerprint density at radius 2 is 1.87 bits per heavy atom. The van der Waals surface area contributed by atoms with Crippen molar-refractivity contribution in [3.05, 3.63) is 0 Å². The topological polar surface area (TPSA) is 61.4 Å². The molecule has 0 aliphatic carbocycles. The third-order valence-electron chi connectivity index (χ3n) is 2.87. The van der Waals surface area contributed by atoms with Gasteiger partial charge in [0.25, 0.3) is 0 Å². The van der Waals surface area contributed by atoms with Crippen molar-refractivity contribution in [2.75, 3.05) is 13.6 Å². The van der Waals surface area contributed by atoms with Gasteiger partial charge in [0.2, 0.25) is 5.91 Å². The van der Waals surface area contributed by atoms with E-state index in [2.05, 4.69) is 24.5 Å². The summed E-state index contributed by atoms with van der Waals surface area (Å²) in [5.41, 5.74) is 0. The normalized spacial score (nSPS) is 15.1. The van der Waals surface area contributed by atoms with Crippen molar-refractivity contribution in [2.24, 2.45) is 5.92 Å². The Bertz CT molecular complexity index is 181. The van der Waals surface area contributed by atoms with Gasteiger partial charge in [-0.15, -0.1) is 0 Å². The predicted molar refractivity (Wildman–Crippen MR) is 61.6 cm³/mol. The average molecular weight is 216 g/mol. The number of aliphatic hydroxyl groups excluding tert-OH is 1. The lowest BCUT2D eigenvalue weighted by Gasteiger charge is -2.22. The summed E-state index contributed by atoms with van der Waals surface area (Å²) in [5.74, 6) is 0.265. The van der Waals surface area contributed by atoms with Crippen molar-refractivity contribution in [3.63, 3.8) is 0 Å². The molecule has 0 saturated carbocycles. The van der Waals surface area contributed by atoms with Crippen LogP contribution in [0.2, 0.25) is 0 Å². The second kappa shape index (κ2) is 7.65. The standard InChI is InChI=1S/C11H24N2O2/c1-5-9(6-2)10(14)7-13-8(3)11(15)12-4/h8-10,13-14H,5-7H2,1-4H3,(H,12,15). The van der Waals surface area contributed by atoms with Gasteiger partial charge in [-0.3, -0.25) is 4.79 Å². The van der Waals surface area contributed by atoms with Gasteiger partial charge in [-0.1, -0.05) is 26.7 Å². The summed E-state index contributed by atoms with van der Waals surface area (Å²) in [6, 6.07) is -0.251. The number of nitrogens with one attached hydrogen (secondary N) is 2. The van der Waals surface area contributed by atoms with Crippen molar-refractivity contribution in [1.82, 2.24) is 10.6 Å². The van der Waals surface area contributed by atoms with Gasteiger partial charge in [0, 0.05) is 13.6 Å². The fourth-order valence-corrected chi connectivity index (χ4v) is 1.61. The lowest BCUT2D eigenvalue weighted by molar-refractivity contribution is -0.122. The van der Waals surface area contributed by atoms with Gasteiger partial charge in [0.1, 0.15) is 0 Å². The van der Waals surface area contributed by atoms with Gasteiger partial charge in [-0.05, 0) is 12.8 Å². The van der Waals surface area contributed by atoms with Gasteiger partial charge in [0.05, 0.1) is 12.1 Å². The summed E-state index contributed by atoms with van der Waals surface area (Å²) in [7, 11) is 1.61. The molecule has 0 spiro atoms. The molecule has 1 amide bonds. The molecule has 0 bridgehead atoms. The Kier molecular flexibility index (Phi) is 7.34. The van der Waals surface area contributed by atoms with E-state index in [1.165, 1.54) is 0 Å². The van der Waals surface area contributed by atoms with Gasteiger partial charge in [0.15, 0.2) is 0 Å². The Labute approximate surface area is 92.4 Å². The number of hydrogen-bond donors (Lipinski definition) is 3. The molecule has 0 radical (unpaired) electrons. The summed E-state index contributed by atoms with van der Waals surface area (Å²) >= 11 is 0. The number of amides is 1. The molecule has 2 atom stereocenters. The minimum absolute atomic E-state index is 0.0493. The molecular weight excluding hydrogens is 192 g/mol. The Morgan fingerprint density at radius 1 is 1.33 bits per heavy atom. The summed E-state index contributed by atoms with van der Waals surface area (Å²) in [6.07, 6.45) is 1.56. The zero-order chi connectivity index (χ0) is 11.8. The molecule has 15 heavy (non-hydrogen) atoms. The molecule has 0 aromatic carbocycles. The fraction of sp³-hybridized carbons (Fsp3) is 0.909. The maximum absolute atomic E-state index is 11.2. The third kappa shape index (κ3) is 5.14. The second-order valence-corrected chi connectivity index (χ2v) is 3.89. The van der Waals surface area contributed by atoms with E-state index in [0.29, 0.717) is 12.5 Å². The van der Waals surface area contributed by atoms with Crippen LogP contribution < -0.4 is 10.6 Å². The Morgan fingerprint density at radius 3 is 2.27 bits per heavy atom. The van der Waals surface area contributed by atoms with Crippen LogP contribution in [-0.4, -0.2) is 36.8 Å². The second-order valence-electron chi connectivity index (χ2n) is 3.89. The van der Waals surface area contributed by atoms with Crippen molar-refractivity contribution >= 4 is 5.91 Å². The molecule has 0 aromatic rings. The first kappa shape index (κ1) is 14.4. The van der Waals surface area contributed by atoms with Crippen LogP contribution in [0.5, 0.6) is 0 Å². The highest BCUT2D eigenvalue weighted by Gasteiger charge is 2.17. The van der Waals surface area contributed by atoms with Gasteiger partial charge >= 0.3 is 0 Å². The van der Waals surface area contributed by atoms with Crippen molar-refractivity contribution < 1.29 is 9.90 Å². The maximum atomic E-state index is 11.2. The van der Waals surface area contributed by atoms with Crippen LogP contribution in [0.25, 0.3) is 0 Å². The Balaban J connectivity index is 3.88. The lowest BCUT2D eigenvalue weighted by atomic mass is 9.96. The van der Waals surface area contributed by atoms with Gasteiger partial charge in [-0.25, -0.2) is 0 Å². The van der Waals surface area contributed by atoms with E-state index in [4.69, 9.17) is 0 Å². The van der Waals surface area contributed by atoms with E-state index >= 15 is 0 Å². The number of carbonyl (C=O) groups excluding carboxylic acids is 1. The van der Waals surface area contributed by atoms with Crippen LogP contribution >= 0.6 is 0 Å². The van der Waals surface area contributed by atoms with Crippen LogP contribution in [-0.2, 0) is 4.79 Å². The van der Waals surface area contributed by atoms with E-state index in [1.54, 1.807) is 14.0 Å². The molecule has 4 nitrogen and oxygen atoms in total. The van der Waals surface area contributed by atoms with Crippen LogP contribution in [0, 0.1) is 5.92 Å². The Hall–Kier alpha value is -0.610. The number of aliphatic hydroxyl groups is 1. The van der Waals surface area contributed by atoms with Crippen LogP contribution in [0.4, 0.5) is 0 Å². The van der Waals surface area contributed by atoms with Crippen LogP contribution in [0.3, 0.4) is 0 Å². The molecule has 4 heteroatoms. The van der Waals surface area contributed by atoms with Crippen molar-refractivity contribution in [2.45, 2.75) is 45.8 Å². The van der Waals surface area contributed by atoms with E-state index in [-0.39, 0.29) is 18.1 Å².